The summed E-state index contributed by atoms with van der Waals surface area (Å²) in [5.74, 6) is 0. The Morgan fingerprint density at radius 1 is 1.40 bits per heavy atom. The standard InChI is InChI=1S/C16H28N2O6Si/c1-10-8-18(15(21)17-14(10)20)13-7-11(19)12(23-13)9-22-24-25(5,6)16(2,3)4/h8,11-13,19H,7,9H2,1-6H3,(H,17,20,21)/t11-,12+,13+/m0/s1. The zero-order valence-corrected chi connectivity index (χ0v) is 16.7. The van der Waals surface area contributed by atoms with E-state index in [0.29, 0.717) is 5.56 Å². The molecule has 0 aromatic carbocycles. The van der Waals surface area contributed by atoms with Gasteiger partial charge in [0.05, 0.1) is 6.10 Å². The van der Waals surface area contributed by atoms with Gasteiger partial charge < -0.3 is 9.84 Å². The van der Waals surface area contributed by atoms with Crippen molar-refractivity contribution >= 4 is 8.32 Å². The van der Waals surface area contributed by atoms with E-state index >= 15 is 0 Å². The van der Waals surface area contributed by atoms with Gasteiger partial charge >= 0.3 is 5.69 Å². The van der Waals surface area contributed by atoms with Crippen LogP contribution >= 0.6 is 0 Å². The van der Waals surface area contributed by atoms with Gasteiger partial charge in [0.2, 0.25) is 8.32 Å². The van der Waals surface area contributed by atoms with Crippen LogP contribution < -0.4 is 11.2 Å². The molecular weight excluding hydrogens is 344 g/mol. The Labute approximate surface area is 147 Å². The molecule has 1 fully saturated rings. The van der Waals surface area contributed by atoms with E-state index in [9.17, 15) is 14.7 Å². The summed E-state index contributed by atoms with van der Waals surface area (Å²) in [7, 11) is -2.06. The highest BCUT2D eigenvalue weighted by molar-refractivity contribution is 6.73. The molecule has 142 valence electrons. The molecule has 9 heteroatoms. The van der Waals surface area contributed by atoms with Crippen molar-refractivity contribution < 1.29 is 19.3 Å². The van der Waals surface area contributed by atoms with Crippen LogP contribution in [-0.4, -0.2) is 41.8 Å². The Morgan fingerprint density at radius 3 is 2.64 bits per heavy atom. The Bertz CT molecular complexity index is 721. The highest BCUT2D eigenvalue weighted by Crippen LogP contribution is 2.37. The Hall–Kier alpha value is -1.26. The number of hydrogen-bond acceptors (Lipinski definition) is 6. The number of aryl methyl sites for hydroxylation is 1. The molecule has 1 aliphatic heterocycles. The SMILES string of the molecule is Cc1cn([C@H]2C[C@H](O)[C@@H](COO[Si](C)(C)C(C)(C)C)O2)c(=O)[nH]c1=O. The highest BCUT2D eigenvalue weighted by atomic mass is 28.4. The lowest BCUT2D eigenvalue weighted by molar-refractivity contribution is -0.245. The van der Waals surface area contributed by atoms with Gasteiger partial charge in [0.1, 0.15) is 18.9 Å². The number of nitrogens with zero attached hydrogens (tertiary/aromatic N) is 1. The van der Waals surface area contributed by atoms with Crippen molar-refractivity contribution in [2.75, 3.05) is 6.61 Å². The van der Waals surface area contributed by atoms with Gasteiger partial charge in [-0.3, -0.25) is 18.9 Å². The van der Waals surface area contributed by atoms with Gasteiger partial charge in [-0.05, 0) is 25.1 Å². The van der Waals surface area contributed by atoms with Crippen LogP contribution in [0.1, 0.15) is 39.0 Å². The van der Waals surface area contributed by atoms with Crippen molar-refractivity contribution in [3.8, 4) is 0 Å². The molecular formula is C16H28N2O6Si. The molecule has 0 radical (unpaired) electrons. The fraction of sp³-hybridized carbons (Fsp3) is 0.750. The number of rotatable bonds is 5. The highest BCUT2D eigenvalue weighted by Gasteiger charge is 2.40. The molecule has 0 bridgehead atoms. The van der Waals surface area contributed by atoms with E-state index in [1.165, 1.54) is 10.8 Å². The average Bonchev–Trinajstić information content (AvgIpc) is 2.82. The molecule has 3 atom stereocenters. The van der Waals surface area contributed by atoms with E-state index in [1.807, 2.05) is 0 Å². The number of hydrogen-bond donors (Lipinski definition) is 2. The van der Waals surface area contributed by atoms with E-state index in [0.717, 1.165) is 0 Å². The molecule has 0 amide bonds. The Morgan fingerprint density at radius 2 is 2.04 bits per heavy atom. The van der Waals surface area contributed by atoms with Gasteiger partial charge in [-0.2, -0.15) is 0 Å². The molecule has 25 heavy (non-hydrogen) atoms. The third-order valence-electron chi connectivity index (χ3n) is 4.97. The first-order valence-corrected chi connectivity index (χ1v) is 11.3. The molecule has 0 spiro atoms. The van der Waals surface area contributed by atoms with Crippen LogP contribution in [-0.2, 0) is 14.2 Å². The van der Waals surface area contributed by atoms with Crippen molar-refractivity contribution in [3.05, 3.63) is 32.6 Å². The summed E-state index contributed by atoms with van der Waals surface area (Å²) < 4.78 is 12.7. The van der Waals surface area contributed by atoms with Gasteiger partial charge in [0.15, 0.2) is 0 Å². The first kappa shape index (κ1) is 20.1. The summed E-state index contributed by atoms with van der Waals surface area (Å²) in [6, 6.07) is 0. The number of aromatic amines is 1. The number of aromatic nitrogens is 2. The third kappa shape index (κ3) is 4.48. The van der Waals surface area contributed by atoms with E-state index in [-0.39, 0.29) is 18.1 Å². The number of H-pyrrole nitrogens is 1. The number of aliphatic hydroxyl groups is 1. The lowest BCUT2D eigenvalue weighted by Crippen LogP contribution is -2.41. The lowest BCUT2D eigenvalue weighted by Gasteiger charge is -2.34. The molecule has 2 N–H and O–H groups in total. The normalized spacial score (nSPS) is 24.7. The molecule has 0 saturated carbocycles. The predicted octanol–water partition coefficient (Wildman–Crippen LogP) is 1.45. The molecule has 8 nitrogen and oxygen atoms in total. The first-order valence-electron chi connectivity index (χ1n) is 8.38. The van der Waals surface area contributed by atoms with Crippen LogP contribution in [0.3, 0.4) is 0 Å². The summed E-state index contributed by atoms with van der Waals surface area (Å²) >= 11 is 0. The predicted molar refractivity (Wildman–Crippen MR) is 94.8 cm³/mol. The quantitative estimate of drug-likeness (QED) is 0.461. The van der Waals surface area contributed by atoms with E-state index in [4.69, 9.17) is 14.2 Å². The lowest BCUT2D eigenvalue weighted by atomic mass is 10.2. The fourth-order valence-corrected chi connectivity index (χ4v) is 2.82. The average molecular weight is 372 g/mol. The van der Waals surface area contributed by atoms with Gasteiger partial charge in [-0.1, -0.05) is 20.8 Å². The maximum atomic E-state index is 11.9. The zero-order chi connectivity index (χ0) is 19.0. The van der Waals surface area contributed by atoms with Crippen molar-refractivity contribution in [1.82, 2.24) is 9.55 Å². The van der Waals surface area contributed by atoms with E-state index in [2.05, 4.69) is 38.8 Å². The molecule has 1 aromatic heterocycles. The van der Waals surface area contributed by atoms with Crippen molar-refractivity contribution in [1.29, 1.82) is 0 Å². The second kappa shape index (κ2) is 7.16. The summed E-state index contributed by atoms with van der Waals surface area (Å²) in [5, 5.41) is 10.2. The largest absolute Gasteiger partial charge is 0.390 e. The van der Waals surface area contributed by atoms with Crippen molar-refractivity contribution in [2.24, 2.45) is 0 Å². The molecule has 0 unspecified atom stereocenters. The summed E-state index contributed by atoms with van der Waals surface area (Å²) in [6.07, 6.45) is -0.367. The number of ether oxygens (including phenoxy) is 1. The van der Waals surface area contributed by atoms with Crippen LogP contribution in [0.2, 0.25) is 18.1 Å². The maximum absolute atomic E-state index is 11.9. The van der Waals surface area contributed by atoms with Crippen molar-refractivity contribution in [3.63, 3.8) is 0 Å². The number of aliphatic hydroxyl groups excluding tert-OH is 1. The summed E-state index contributed by atoms with van der Waals surface area (Å²) in [4.78, 5) is 31.0. The van der Waals surface area contributed by atoms with Crippen molar-refractivity contribution in [2.45, 2.75) is 70.7 Å². The van der Waals surface area contributed by atoms with Gasteiger partial charge in [0.25, 0.3) is 5.56 Å². The van der Waals surface area contributed by atoms with Gasteiger partial charge in [-0.15, -0.1) is 0 Å². The van der Waals surface area contributed by atoms with Crippen LogP contribution in [0.25, 0.3) is 0 Å². The summed E-state index contributed by atoms with van der Waals surface area (Å²) in [5.41, 5.74) is -0.590. The molecule has 2 heterocycles. The second-order valence-electron chi connectivity index (χ2n) is 8.04. The second-order valence-corrected chi connectivity index (χ2v) is 12.7. The smallest absolute Gasteiger partial charge is 0.330 e. The monoisotopic (exact) mass is 372 g/mol. The molecule has 1 aromatic rings. The first-order chi connectivity index (χ1) is 11.4. The Kier molecular flexibility index (Phi) is 5.74. The fourth-order valence-electron chi connectivity index (χ4n) is 2.21. The minimum absolute atomic E-state index is 0.00539. The van der Waals surface area contributed by atoms with E-state index < -0.39 is 38.0 Å². The topological polar surface area (TPSA) is 103 Å². The molecule has 0 aliphatic carbocycles. The van der Waals surface area contributed by atoms with Gasteiger partial charge in [-0.25, -0.2) is 9.68 Å². The van der Waals surface area contributed by atoms with Crippen LogP contribution in [0, 0.1) is 6.92 Å². The Balaban J connectivity index is 1.99. The summed E-state index contributed by atoms with van der Waals surface area (Å²) in [6.45, 7) is 12.1. The minimum atomic E-state index is -2.06. The van der Waals surface area contributed by atoms with E-state index in [1.54, 1.807) is 6.92 Å². The molecule has 1 aliphatic rings. The number of nitrogens with one attached hydrogen (secondary N) is 1. The van der Waals surface area contributed by atoms with Gasteiger partial charge in [0, 0.05) is 18.2 Å². The minimum Gasteiger partial charge on any atom is -0.390 e. The van der Waals surface area contributed by atoms with Crippen LogP contribution in [0.5, 0.6) is 0 Å². The van der Waals surface area contributed by atoms with Crippen LogP contribution in [0.15, 0.2) is 15.8 Å². The zero-order valence-electron chi connectivity index (χ0n) is 15.7. The molecule has 2 rings (SSSR count). The molecule has 1 saturated heterocycles. The third-order valence-corrected chi connectivity index (χ3v) is 9.11. The van der Waals surface area contributed by atoms with Crippen LogP contribution in [0.4, 0.5) is 0 Å². The maximum Gasteiger partial charge on any atom is 0.330 e.